The van der Waals surface area contributed by atoms with Gasteiger partial charge in [-0.15, -0.1) is 12.4 Å². The fraction of sp³-hybridized carbons (Fsp3) is 1.00. The summed E-state index contributed by atoms with van der Waals surface area (Å²) in [6, 6.07) is 0.133. The molecule has 0 aromatic heterocycles. The summed E-state index contributed by atoms with van der Waals surface area (Å²) in [5.74, 6) is -0.256. The van der Waals surface area contributed by atoms with Crippen molar-refractivity contribution in [2.24, 2.45) is 0 Å². The van der Waals surface area contributed by atoms with Crippen LogP contribution in [0.5, 0.6) is 0 Å². The summed E-state index contributed by atoms with van der Waals surface area (Å²) in [5.41, 5.74) is 0. The molecule has 10 heteroatoms. The van der Waals surface area contributed by atoms with Crippen LogP contribution < -0.4 is 5.32 Å². The van der Waals surface area contributed by atoms with Crippen molar-refractivity contribution in [3.8, 4) is 0 Å². The van der Waals surface area contributed by atoms with Crippen LogP contribution in [-0.4, -0.2) is 76.7 Å². The minimum Gasteiger partial charge on any atom is -0.312 e. The Morgan fingerprint density at radius 1 is 1.20 bits per heavy atom. The van der Waals surface area contributed by atoms with Gasteiger partial charge in [-0.1, -0.05) is 0 Å². The van der Waals surface area contributed by atoms with Crippen LogP contribution in [0, 0.1) is 0 Å². The summed E-state index contributed by atoms with van der Waals surface area (Å²) in [6.45, 7) is 3.46. The highest BCUT2D eigenvalue weighted by atomic mass is 35.5. The zero-order valence-corrected chi connectivity index (χ0v) is 14.5. The van der Waals surface area contributed by atoms with Crippen LogP contribution in [0.2, 0.25) is 0 Å². The molecular weight excluding hydrogens is 326 g/mol. The molecule has 1 N–H and O–H groups in total. The molecule has 0 aliphatic carbocycles. The summed E-state index contributed by atoms with van der Waals surface area (Å²) in [7, 11) is -3.79. The molecule has 7 nitrogen and oxygen atoms in total. The van der Waals surface area contributed by atoms with Gasteiger partial charge in [-0.25, -0.2) is 21.1 Å². The number of piperazine rings is 1. The molecule has 1 aliphatic rings. The summed E-state index contributed by atoms with van der Waals surface area (Å²) >= 11 is 0. The number of nitrogens with one attached hydrogen (secondary N) is 1. The van der Waals surface area contributed by atoms with Crippen molar-refractivity contribution in [1.29, 1.82) is 0 Å². The molecule has 1 fully saturated rings. The third kappa shape index (κ3) is 5.82. The van der Waals surface area contributed by atoms with Crippen LogP contribution >= 0.6 is 12.4 Å². The molecule has 1 aliphatic heterocycles. The average molecular weight is 350 g/mol. The van der Waals surface area contributed by atoms with Crippen LogP contribution in [0.25, 0.3) is 0 Å². The van der Waals surface area contributed by atoms with Gasteiger partial charge in [0.05, 0.1) is 11.5 Å². The van der Waals surface area contributed by atoms with Crippen molar-refractivity contribution < 1.29 is 16.8 Å². The maximum atomic E-state index is 12.1. The van der Waals surface area contributed by atoms with E-state index in [4.69, 9.17) is 0 Å². The fourth-order valence-electron chi connectivity index (χ4n) is 1.88. The second-order valence-corrected chi connectivity index (χ2v) is 9.37. The predicted molar refractivity (Wildman–Crippen MR) is 82.2 cm³/mol. The summed E-state index contributed by atoms with van der Waals surface area (Å²) < 4.78 is 49.8. The van der Waals surface area contributed by atoms with Gasteiger partial charge in [0.15, 0.2) is 0 Å². The average Bonchev–Trinajstić information content (AvgIpc) is 2.28. The lowest BCUT2D eigenvalue weighted by atomic mass is 10.3. The van der Waals surface area contributed by atoms with Crippen LogP contribution in [0.4, 0.5) is 0 Å². The topological polar surface area (TPSA) is 86.8 Å². The number of sulfonamides is 2. The van der Waals surface area contributed by atoms with Gasteiger partial charge < -0.3 is 5.32 Å². The molecule has 0 aromatic rings. The first-order valence-electron chi connectivity index (χ1n) is 6.26. The lowest BCUT2D eigenvalue weighted by Crippen LogP contribution is -2.51. The lowest BCUT2D eigenvalue weighted by molar-refractivity contribution is 0.310. The van der Waals surface area contributed by atoms with E-state index in [1.807, 2.05) is 6.92 Å². The number of hydrogen-bond acceptors (Lipinski definition) is 5. The van der Waals surface area contributed by atoms with Gasteiger partial charge in [-0.05, 0) is 13.3 Å². The van der Waals surface area contributed by atoms with Crippen molar-refractivity contribution in [1.82, 2.24) is 13.9 Å². The second-order valence-electron chi connectivity index (χ2n) is 4.98. The van der Waals surface area contributed by atoms with Gasteiger partial charge in [0.2, 0.25) is 20.0 Å². The molecule has 0 aromatic carbocycles. The Morgan fingerprint density at radius 3 is 2.30 bits per heavy atom. The molecule has 1 unspecified atom stereocenters. The normalized spacial score (nSPS) is 21.7. The van der Waals surface area contributed by atoms with Crippen LogP contribution in [-0.2, 0) is 20.0 Å². The standard InChI is InChI=1S/C10H23N3O4S2.ClH/c1-10-9-13(6-5-11-10)19(16,17)8-4-7-18(14,15)12(2)3;/h10-11H,4-9H2,1-3H3;1H. The molecule has 0 saturated carbocycles. The minimum absolute atomic E-state index is 0. The van der Waals surface area contributed by atoms with E-state index >= 15 is 0 Å². The molecule has 1 atom stereocenters. The Bertz CT molecular complexity index is 493. The first kappa shape index (κ1) is 20.1. The summed E-state index contributed by atoms with van der Waals surface area (Å²) in [6.07, 6.45) is 0.126. The lowest BCUT2D eigenvalue weighted by Gasteiger charge is -2.31. The highest BCUT2D eigenvalue weighted by molar-refractivity contribution is 7.90. The molecule has 1 rings (SSSR count). The van der Waals surface area contributed by atoms with Gasteiger partial charge in [-0.2, -0.15) is 4.31 Å². The smallest absolute Gasteiger partial charge is 0.214 e. The molecule has 1 heterocycles. The third-order valence-corrected chi connectivity index (χ3v) is 6.93. The quantitative estimate of drug-likeness (QED) is 0.686. The van der Waals surface area contributed by atoms with E-state index < -0.39 is 20.0 Å². The molecule has 0 bridgehead atoms. The van der Waals surface area contributed by atoms with Crippen molar-refractivity contribution in [2.75, 3.05) is 45.2 Å². The van der Waals surface area contributed by atoms with E-state index in [0.29, 0.717) is 19.6 Å². The van der Waals surface area contributed by atoms with Crippen molar-refractivity contribution in [3.63, 3.8) is 0 Å². The van der Waals surface area contributed by atoms with Crippen molar-refractivity contribution in [2.45, 2.75) is 19.4 Å². The molecule has 20 heavy (non-hydrogen) atoms. The number of halogens is 1. The highest BCUT2D eigenvalue weighted by Crippen LogP contribution is 2.09. The van der Waals surface area contributed by atoms with Crippen molar-refractivity contribution >= 4 is 32.5 Å². The first-order chi connectivity index (χ1) is 8.65. The Morgan fingerprint density at radius 2 is 1.80 bits per heavy atom. The summed E-state index contributed by atoms with van der Waals surface area (Å²) in [4.78, 5) is 0. The van der Waals surface area contributed by atoms with Crippen LogP contribution in [0.1, 0.15) is 13.3 Å². The summed E-state index contributed by atoms with van der Waals surface area (Å²) in [5, 5.41) is 3.17. The second kappa shape index (κ2) is 7.90. The van der Waals surface area contributed by atoms with Gasteiger partial charge in [0, 0.05) is 39.8 Å². The first-order valence-corrected chi connectivity index (χ1v) is 9.48. The van der Waals surface area contributed by atoms with Gasteiger partial charge in [0.25, 0.3) is 0 Å². The van der Waals surface area contributed by atoms with E-state index in [1.165, 1.54) is 18.4 Å². The molecule has 0 radical (unpaired) electrons. The molecule has 0 spiro atoms. The number of hydrogen-bond donors (Lipinski definition) is 1. The molecule has 122 valence electrons. The van der Waals surface area contributed by atoms with E-state index in [-0.39, 0.29) is 36.4 Å². The fourth-order valence-corrected chi connectivity index (χ4v) is 4.53. The Balaban J connectivity index is 0.00000361. The largest absolute Gasteiger partial charge is 0.312 e. The SMILES string of the molecule is CC1CN(S(=O)(=O)CCCS(=O)(=O)N(C)C)CCN1.Cl. The van der Waals surface area contributed by atoms with E-state index in [0.717, 1.165) is 4.31 Å². The van der Waals surface area contributed by atoms with Gasteiger partial charge in [-0.3, -0.25) is 0 Å². The third-order valence-electron chi connectivity index (χ3n) is 3.09. The number of rotatable bonds is 6. The van der Waals surface area contributed by atoms with Gasteiger partial charge in [0.1, 0.15) is 0 Å². The van der Waals surface area contributed by atoms with Crippen LogP contribution in [0.15, 0.2) is 0 Å². The maximum Gasteiger partial charge on any atom is 0.214 e. The Kier molecular flexibility index (Phi) is 7.93. The molecule has 1 saturated heterocycles. The van der Waals surface area contributed by atoms with E-state index in [9.17, 15) is 16.8 Å². The van der Waals surface area contributed by atoms with Crippen molar-refractivity contribution in [3.05, 3.63) is 0 Å². The predicted octanol–water partition coefficient (Wildman–Crippen LogP) is -0.687. The highest BCUT2D eigenvalue weighted by Gasteiger charge is 2.27. The maximum absolute atomic E-state index is 12.1. The zero-order valence-electron chi connectivity index (χ0n) is 12.1. The van der Waals surface area contributed by atoms with E-state index in [1.54, 1.807) is 0 Å². The van der Waals surface area contributed by atoms with E-state index in [2.05, 4.69) is 5.32 Å². The van der Waals surface area contributed by atoms with Crippen LogP contribution in [0.3, 0.4) is 0 Å². The minimum atomic E-state index is -3.35. The molecule has 0 amide bonds. The monoisotopic (exact) mass is 349 g/mol. The van der Waals surface area contributed by atoms with Gasteiger partial charge >= 0.3 is 0 Å². The Hall–Kier alpha value is 0.0700. The zero-order chi connectivity index (χ0) is 14.7. The Labute approximate surface area is 128 Å². The molecular formula is C10H24ClN3O4S2. The number of nitrogens with zero attached hydrogens (tertiary/aromatic N) is 2.